The SMILES string of the molecule is Oc1cccc(CNC2CCCSC2)c1O. The van der Waals surface area contributed by atoms with Crippen molar-refractivity contribution in [2.24, 2.45) is 0 Å². The van der Waals surface area contributed by atoms with Crippen LogP contribution in [0.15, 0.2) is 18.2 Å². The average Bonchev–Trinajstić information content (AvgIpc) is 2.32. The summed E-state index contributed by atoms with van der Waals surface area (Å²) in [6.07, 6.45) is 2.46. The molecule has 0 aliphatic carbocycles. The summed E-state index contributed by atoms with van der Waals surface area (Å²) >= 11 is 1.97. The van der Waals surface area contributed by atoms with E-state index in [2.05, 4.69) is 5.32 Å². The number of benzene rings is 1. The number of rotatable bonds is 3. The third-order valence-electron chi connectivity index (χ3n) is 2.84. The Labute approximate surface area is 99.9 Å². The summed E-state index contributed by atoms with van der Waals surface area (Å²) in [5, 5.41) is 22.4. The molecule has 1 unspecified atom stereocenters. The minimum absolute atomic E-state index is 0.00142. The minimum Gasteiger partial charge on any atom is -0.504 e. The second-order valence-electron chi connectivity index (χ2n) is 4.08. The summed E-state index contributed by atoms with van der Waals surface area (Å²) < 4.78 is 0. The molecule has 16 heavy (non-hydrogen) atoms. The molecule has 3 N–H and O–H groups in total. The molecule has 3 nitrogen and oxygen atoms in total. The second kappa shape index (κ2) is 5.46. The Bertz CT molecular complexity index is 351. The van der Waals surface area contributed by atoms with Crippen molar-refractivity contribution in [1.29, 1.82) is 0 Å². The molecule has 1 saturated heterocycles. The van der Waals surface area contributed by atoms with E-state index in [1.54, 1.807) is 6.07 Å². The van der Waals surface area contributed by atoms with Crippen LogP contribution in [0.3, 0.4) is 0 Å². The van der Waals surface area contributed by atoms with Gasteiger partial charge in [-0.05, 0) is 24.7 Å². The highest BCUT2D eigenvalue weighted by atomic mass is 32.2. The summed E-state index contributed by atoms with van der Waals surface area (Å²) in [6.45, 7) is 0.617. The van der Waals surface area contributed by atoms with E-state index < -0.39 is 0 Å². The van der Waals surface area contributed by atoms with Crippen molar-refractivity contribution in [3.8, 4) is 11.5 Å². The third-order valence-corrected chi connectivity index (χ3v) is 4.06. The van der Waals surface area contributed by atoms with Crippen LogP contribution in [-0.2, 0) is 6.54 Å². The summed E-state index contributed by atoms with van der Waals surface area (Å²) in [7, 11) is 0. The Morgan fingerprint density at radius 3 is 3.00 bits per heavy atom. The molecule has 4 heteroatoms. The van der Waals surface area contributed by atoms with Crippen molar-refractivity contribution in [2.75, 3.05) is 11.5 Å². The quantitative estimate of drug-likeness (QED) is 0.707. The molecule has 0 amide bonds. The molecule has 1 fully saturated rings. The summed E-state index contributed by atoms with van der Waals surface area (Å²) in [5.74, 6) is 2.35. The van der Waals surface area contributed by atoms with Gasteiger partial charge in [0.25, 0.3) is 0 Å². The van der Waals surface area contributed by atoms with Crippen LogP contribution in [0.2, 0.25) is 0 Å². The highest BCUT2D eigenvalue weighted by molar-refractivity contribution is 7.99. The minimum atomic E-state index is -0.0441. The number of phenolic OH excluding ortho intramolecular Hbond substituents is 2. The van der Waals surface area contributed by atoms with Gasteiger partial charge >= 0.3 is 0 Å². The smallest absolute Gasteiger partial charge is 0.161 e. The molecule has 2 rings (SSSR count). The lowest BCUT2D eigenvalue weighted by atomic mass is 10.1. The molecule has 0 aromatic heterocycles. The Kier molecular flexibility index (Phi) is 3.96. The molecule has 0 radical (unpaired) electrons. The molecule has 1 aromatic carbocycles. The lowest BCUT2D eigenvalue weighted by Gasteiger charge is -2.22. The first-order valence-electron chi connectivity index (χ1n) is 5.58. The van der Waals surface area contributed by atoms with Gasteiger partial charge in [0.1, 0.15) is 0 Å². The van der Waals surface area contributed by atoms with Gasteiger partial charge in [-0.15, -0.1) is 0 Å². The summed E-state index contributed by atoms with van der Waals surface area (Å²) in [6, 6.07) is 5.61. The zero-order chi connectivity index (χ0) is 11.4. The van der Waals surface area contributed by atoms with Crippen LogP contribution in [0.5, 0.6) is 11.5 Å². The van der Waals surface area contributed by atoms with Gasteiger partial charge in [0, 0.05) is 23.9 Å². The van der Waals surface area contributed by atoms with Gasteiger partial charge in [0.15, 0.2) is 11.5 Å². The summed E-state index contributed by atoms with van der Waals surface area (Å²) in [4.78, 5) is 0. The maximum atomic E-state index is 9.63. The van der Waals surface area contributed by atoms with Crippen LogP contribution in [0.25, 0.3) is 0 Å². The van der Waals surface area contributed by atoms with E-state index in [-0.39, 0.29) is 11.5 Å². The van der Waals surface area contributed by atoms with E-state index in [9.17, 15) is 10.2 Å². The number of hydrogen-bond acceptors (Lipinski definition) is 4. The predicted molar refractivity (Wildman–Crippen MR) is 67.0 cm³/mol. The zero-order valence-corrected chi connectivity index (χ0v) is 9.96. The fourth-order valence-electron chi connectivity index (χ4n) is 1.88. The Morgan fingerprint density at radius 2 is 2.25 bits per heavy atom. The fourth-order valence-corrected chi connectivity index (χ4v) is 2.98. The Hall–Kier alpha value is -0.870. The van der Waals surface area contributed by atoms with Crippen molar-refractivity contribution in [3.05, 3.63) is 23.8 Å². The number of nitrogens with one attached hydrogen (secondary N) is 1. The summed E-state index contributed by atoms with van der Waals surface area (Å²) in [5.41, 5.74) is 0.760. The van der Waals surface area contributed by atoms with Gasteiger partial charge in [-0.3, -0.25) is 0 Å². The lowest BCUT2D eigenvalue weighted by molar-refractivity contribution is 0.395. The predicted octanol–water partition coefficient (Wildman–Crippen LogP) is 2.08. The van der Waals surface area contributed by atoms with Crippen LogP contribution in [0.4, 0.5) is 0 Å². The number of para-hydroxylation sites is 1. The van der Waals surface area contributed by atoms with E-state index >= 15 is 0 Å². The second-order valence-corrected chi connectivity index (χ2v) is 5.23. The van der Waals surface area contributed by atoms with Gasteiger partial charge in [0.2, 0.25) is 0 Å². The normalized spacial score (nSPS) is 20.9. The highest BCUT2D eigenvalue weighted by Crippen LogP contribution is 2.28. The molecule has 1 aliphatic heterocycles. The van der Waals surface area contributed by atoms with Gasteiger partial charge in [-0.2, -0.15) is 11.8 Å². The van der Waals surface area contributed by atoms with Crippen molar-refractivity contribution >= 4 is 11.8 Å². The average molecular weight is 239 g/mol. The van der Waals surface area contributed by atoms with E-state index in [4.69, 9.17) is 0 Å². The van der Waals surface area contributed by atoms with Gasteiger partial charge in [-0.1, -0.05) is 12.1 Å². The van der Waals surface area contributed by atoms with Crippen LogP contribution in [0, 0.1) is 0 Å². The molecule has 0 spiro atoms. The first-order valence-corrected chi connectivity index (χ1v) is 6.74. The van der Waals surface area contributed by atoms with E-state index in [1.165, 1.54) is 24.7 Å². The number of hydrogen-bond donors (Lipinski definition) is 3. The molecular weight excluding hydrogens is 222 g/mol. The van der Waals surface area contributed by atoms with E-state index in [0.717, 1.165) is 11.3 Å². The number of aromatic hydroxyl groups is 2. The topological polar surface area (TPSA) is 52.5 Å². The van der Waals surface area contributed by atoms with Crippen molar-refractivity contribution in [3.63, 3.8) is 0 Å². The monoisotopic (exact) mass is 239 g/mol. The van der Waals surface area contributed by atoms with E-state index in [1.807, 2.05) is 17.8 Å². The zero-order valence-electron chi connectivity index (χ0n) is 9.15. The molecule has 1 aliphatic rings. The largest absolute Gasteiger partial charge is 0.504 e. The maximum Gasteiger partial charge on any atom is 0.161 e. The number of thioether (sulfide) groups is 1. The standard InChI is InChI=1S/C12H17NO2S/c14-11-5-1-3-9(12(11)15)7-13-10-4-2-6-16-8-10/h1,3,5,10,13-15H,2,4,6-8H2. The van der Waals surface area contributed by atoms with Crippen molar-refractivity contribution in [1.82, 2.24) is 5.32 Å². The molecular formula is C12H17NO2S. The first-order chi connectivity index (χ1) is 7.77. The molecule has 0 saturated carbocycles. The molecule has 1 heterocycles. The Morgan fingerprint density at radius 1 is 1.38 bits per heavy atom. The van der Waals surface area contributed by atoms with Gasteiger partial charge < -0.3 is 15.5 Å². The molecule has 0 bridgehead atoms. The van der Waals surface area contributed by atoms with Crippen molar-refractivity contribution in [2.45, 2.75) is 25.4 Å². The number of phenols is 2. The Balaban J connectivity index is 1.91. The maximum absolute atomic E-state index is 9.63. The van der Waals surface area contributed by atoms with Crippen molar-refractivity contribution < 1.29 is 10.2 Å². The lowest BCUT2D eigenvalue weighted by Crippen LogP contribution is -2.33. The van der Waals surface area contributed by atoms with Gasteiger partial charge in [0.05, 0.1) is 0 Å². The third kappa shape index (κ3) is 2.83. The molecule has 1 aromatic rings. The van der Waals surface area contributed by atoms with Crippen LogP contribution in [0.1, 0.15) is 18.4 Å². The fraction of sp³-hybridized carbons (Fsp3) is 0.500. The first kappa shape index (κ1) is 11.6. The van der Waals surface area contributed by atoms with Crippen LogP contribution < -0.4 is 5.32 Å². The molecule has 1 atom stereocenters. The van der Waals surface area contributed by atoms with Crippen LogP contribution >= 0.6 is 11.8 Å². The van der Waals surface area contributed by atoms with Crippen LogP contribution in [-0.4, -0.2) is 27.8 Å². The molecule has 88 valence electrons. The van der Waals surface area contributed by atoms with E-state index in [0.29, 0.717) is 12.6 Å². The highest BCUT2D eigenvalue weighted by Gasteiger charge is 2.14. The van der Waals surface area contributed by atoms with Gasteiger partial charge in [-0.25, -0.2) is 0 Å².